The normalized spacial score (nSPS) is 10.5. The van der Waals surface area contributed by atoms with Gasteiger partial charge >= 0.3 is 0 Å². The summed E-state index contributed by atoms with van der Waals surface area (Å²) in [5, 5.41) is 2.31. The molecule has 2 aromatic carbocycles. The second-order valence-corrected chi connectivity index (χ2v) is 5.20. The summed E-state index contributed by atoms with van der Waals surface area (Å²) in [7, 11) is 0. The second-order valence-electron chi connectivity index (χ2n) is 4.39. The van der Waals surface area contributed by atoms with Gasteiger partial charge in [-0.2, -0.15) is 0 Å². The predicted molar refractivity (Wildman–Crippen MR) is 79.9 cm³/mol. The maximum absolute atomic E-state index is 13.7. The van der Waals surface area contributed by atoms with Crippen LogP contribution < -0.4 is 11.1 Å². The highest BCUT2D eigenvalue weighted by Crippen LogP contribution is 2.27. The van der Waals surface area contributed by atoms with E-state index in [4.69, 9.17) is 28.9 Å². The van der Waals surface area contributed by atoms with Crippen LogP contribution in [0.2, 0.25) is 10.0 Å². The number of carbonyl (C=O) groups excluding carboxylic acids is 1. The fourth-order valence-electron chi connectivity index (χ4n) is 1.72. The van der Waals surface area contributed by atoms with Gasteiger partial charge in [0.15, 0.2) is 0 Å². The highest BCUT2D eigenvalue weighted by Gasteiger charge is 2.16. The third-order valence-corrected chi connectivity index (χ3v) is 3.46. The van der Waals surface area contributed by atoms with Crippen LogP contribution >= 0.6 is 23.2 Å². The minimum absolute atomic E-state index is 0.249. The summed E-state index contributed by atoms with van der Waals surface area (Å²) in [6.07, 6.45) is 0. The molecule has 2 aromatic rings. The number of amides is 1. The third kappa shape index (κ3) is 3.25. The first-order chi connectivity index (χ1) is 9.79. The van der Waals surface area contributed by atoms with Crippen LogP contribution in [-0.4, -0.2) is 5.91 Å². The van der Waals surface area contributed by atoms with E-state index in [1.807, 2.05) is 0 Å². The maximum atomic E-state index is 13.7. The molecule has 7 heteroatoms. The van der Waals surface area contributed by atoms with Crippen molar-refractivity contribution in [3.63, 3.8) is 0 Å². The predicted octanol–water partition coefficient (Wildman–Crippen LogP) is 4.41. The number of aryl methyl sites for hydroxylation is 1. The van der Waals surface area contributed by atoms with Gasteiger partial charge in [-0.3, -0.25) is 4.79 Å². The number of nitrogen functional groups attached to an aromatic ring is 1. The van der Waals surface area contributed by atoms with E-state index in [1.165, 1.54) is 6.07 Å². The third-order valence-electron chi connectivity index (χ3n) is 2.85. The van der Waals surface area contributed by atoms with Crippen molar-refractivity contribution < 1.29 is 13.6 Å². The van der Waals surface area contributed by atoms with Crippen molar-refractivity contribution in [3.05, 3.63) is 57.1 Å². The molecule has 0 unspecified atom stereocenters. The van der Waals surface area contributed by atoms with E-state index in [9.17, 15) is 13.6 Å². The quantitative estimate of drug-likeness (QED) is 0.632. The van der Waals surface area contributed by atoms with Crippen molar-refractivity contribution in [1.29, 1.82) is 0 Å². The summed E-state index contributed by atoms with van der Waals surface area (Å²) in [4.78, 5) is 12.0. The molecule has 110 valence electrons. The molecule has 0 atom stereocenters. The number of halogens is 4. The zero-order chi connectivity index (χ0) is 15.7. The Morgan fingerprint density at radius 3 is 2.43 bits per heavy atom. The SMILES string of the molecule is Cc1cc(N)c(Cl)cc1NC(=O)c1cc(F)c(Cl)cc1F. The molecule has 0 aliphatic heterocycles. The van der Waals surface area contributed by atoms with Crippen molar-refractivity contribution in [3.8, 4) is 0 Å². The summed E-state index contributed by atoms with van der Waals surface area (Å²) in [6.45, 7) is 1.70. The van der Waals surface area contributed by atoms with Crippen LogP contribution in [0, 0.1) is 18.6 Å². The van der Waals surface area contributed by atoms with Crippen LogP contribution in [0.25, 0.3) is 0 Å². The van der Waals surface area contributed by atoms with Gasteiger partial charge < -0.3 is 11.1 Å². The molecule has 0 saturated heterocycles. The van der Waals surface area contributed by atoms with Crippen LogP contribution in [0.1, 0.15) is 15.9 Å². The Bertz CT molecular complexity index is 735. The van der Waals surface area contributed by atoms with E-state index in [2.05, 4.69) is 5.32 Å². The second kappa shape index (κ2) is 5.87. The van der Waals surface area contributed by atoms with E-state index in [0.29, 0.717) is 16.9 Å². The molecule has 0 fully saturated rings. The van der Waals surface area contributed by atoms with Crippen LogP contribution in [0.4, 0.5) is 20.2 Å². The molecule has 21 heavy (non-hydrogen) atoms. The average molecular weight is 331 g/mol. The number of benzene rings is 2. The number of hydrogen-bond acceptors (Lipinski definition) is 2. The van der Waals surface area contributed by atoms with Gasteiger partial charge in [0.2, 0.25) is 0 Å². The van der Waals surface area contributed by atoms with E-state index >= 15 is 0 Å². The van der Waals surface area contributed by atoms with Gasteiger partial charge in [-0.15, -0.1) is 0 Å². The number of carbonyl (C=O) groups is 1. The number of anilines is 2. The zero-order valence-electron chi connectivity index (χ0n) is 10.8. The van der Waals surface area contributed by atoms with Gasteiger partial charge in [0.1, 0.15) is 11.6 Å². The number of hydrogen-bond donors (Lipinski definition) is 2. The molecule has 0 saturated carbocycles. The standard InChI is InChI=1S/C14H10Cl2F2N2O/c1-6-2-12(19)9(16)5-13(6)20-14(21)7-3-11(18)8(15)4-10(7)17/h2-5H,19H2,1H3,(H,20,21). The lowest BCUT2D eigenvalue weighted by Gasteiger charge is -2.11. The molecule has 3 N–H and O–H groups in total. The molecular weight excluding hydrogens is 321 g/mol. The van der Waals surface area contributed by atoms with Crippen molar-refractivity contribution in [2.24, 2.45) is 0 Å². The lowest BCUT2D eigenvalue weighted by molar-refractivity contribution is 0.102. The first kappa shape index (κ1) is 15.5. The smallest absolute Gasteiger partial charge is 0.258 e. The van der Waals surface area contributed by atoms with Crippen LogP contribution in [0.15, 0.2) is 24.3 Å². The minimum atomic E-state index is -0.918. The fourth-order valence-corrected chi connectivity index (χ4v) is 2.04. The van der Waals surface area contributed by atoms with Crippen LogP contribution in [-0.2, 0) is 0 Å². The maximum Gasteiger partial charge on any atom is 0.258 e. The van der Waals surface area contributed by atoms with Gasteiger partial charge in [0.25, 0.3) is 5.91 Å². The highest BCUT2D eigenvalue weighted by molar-refractivity contribution is 6.33. The van der Waals surface area contributed by atoms with Gasteiger partial charge in [-0.25, -0.2) is 8.78 Å². The summed E-state index contributed by atoms with van der Waals surface area (Å²) < 4.78 is 27.0. The molecule has 0 bridgehead atoms. The Labute approximate surface area is 129 Å². The lowest BCUT2D eigenvalue weighted by atomic mass is 10.1. The number of rotatable bonds is 2. The van der Waals surface area contributed by atoms with E-state index in [-0.39, 0.29) is 5.02 Å². The Kier molecular flexibility index (Phi) is 4.34. The Balaban J connectivity index is 2.35. The minimum Gasteiger partial charge on any atom is -0.398 e. The Morgan fingerprint density at radius 2 is 1.76 bits per heavy atom. The summed E-state index contributed by atoms with van der Waals surface area (Å²) in [6, 6.07) is 4.49. The molecular formula is C14H10Cl2F2N2O. The first-order valence-electron chi connectivity index (χ1n) is 5.81. The lowest BCUT2D eigenvalue weighted by Crippen LogP contribution is -2.15. The van der Waals surface area contributed by atoms with E-state index < -0.39 is 28.1 Å². The fraction of sp³-hybridized carbons (Fsp3) is 0.0714. The van der Waals surface area contributed by atoms with Crippen LogP contribution in [0.5, 0.6) is 0 Å². The molecule has 0 aromatic heterocycles. The summed E-state index contributed by atoms with van der Waals surface area (Å²) in [5.74, 6) is -2.61. The number of nitrogens with two attached hydrogens (primary N) is 1. The van der Waals surface area contributed by atoms with Gasteiger partial charge in [-0.05, 0) is 36.8 Å². The van der Waals surface area contributed by atoms with Crippen molar-refractivity contribution in [2.75, 3.05) is 11.1 Å². The molecule has 0 spiro atoms. The van der Waals surface area contributed by atoms with E-state index in [0.717, 1.165) is 12.1 Å². The molecule has 0 radical (unpaired) electrons. The first-order valence-corrected chi connectivity index (χ1v) is 6.56. The molecule has 3 nitrogen and oxygen atoms in total. The summed E-state index contributed by atoms with van der Waals surface area (Å²) in [5.41, 5.74) is 6.52. The molecule has 1 amide bonds. The van der Waals surface area contributed by atoms with Crippen LogP contribution in [0.3, 0.4) is 0 Å². The monoisotopic (exact) mass is 330 g/mol. The van der Waals surface area contributed by atoms with Gasteiger partial charge in [0, 0.05) is 5.69 Å². The summed E-state index contributed by atoms with van der Waals surface area (Å²) >= 11 is 11.3. The molecule has 0 aliphatic carbocycles. The van der Waals surface area contributed by atoms with Crippen molar-refractivity contribution in [1.82, 2.24) is 0 Å². The molecule has 2 rings (SSSR count). The Morgan fingerprint density at radius 1 is 1.10 bits per heavy atom. The largest absolute Gasteiger partial charge is 0.398 e. The zero-order valence-corrected chi connectivity index (χ0v) is 12.3. The number of nitrogens with one attached hydrogen (secondary N) is 1. The average Bonchev–Trinajstić information content (AvgIpc) is 2.40. The van der Waals surface area contributed by atoms with Gasteiger partial charge in [-0.1, -0.05) is 23.2 Å². The molecule has 0 aliphatic rings. The van der Waals surface area contributed by atoms with E-state index in [1.54, 1.807) is 13.0 Å². The Hall–Kier alpha value is -1.85. The highest BCUT2D eigenvalue weighted by atomic mass is 35.5. The van der Waals surface area contributed by atoms with Crippen molar-refractivity contribution in [2.45, 2.75) is 6.92 Å². The topological polar surface area (TPSA) is 55.1 Å². The van der Waals surface area contributed by atoms with Gasteiger partial charge in [0.05, 0.1) is 21.3 Å². The molecule has 0 heterocycles. The van der Waals surface area contributed by atoms with Crippen molar-refractivity contribution >= 4 is 40.5 Å².